The predicted octanol–water partition coefficient (Wildman–Crippen LogP) is 1.04. The highest BCUT2D eigenvalue weighted by Gasteiger charge is 2.24. The summed E-state index contributed by atoms with van der Waals surface area (Å²) in [7, 11) is 0. The lowest BCUT2D eigenvalue weighted by Crippen LogP contribution is -2.37. The van der Waals surface area contributed by atoms with Gasteiger partial charge in [-0.2, -0.15) is 0 Å². The van der Waals surface area contributed by atoms with E-state index in [0.717, 1.165) is 6.20 Å². The van der Waals surface area contributed by atoms with Crippen molar-refractivity contribution in [2.24, 2.45) is 5.73 Å². The van der Waals surface area contributed by atoms with Crippen molar-refractivity contribution < 1.29 is 9.50 Å². The van der Waals surface area contributed by atoms with Crippen LogP contribution in [0.25, 0.3) is 0 Å². The number of nitrogens with two attached hydrogens (primary N) is 1. The van der Waals surface area contributed by atoms with E-state index in [9.17, 15) is 4.39 Å². The molecule has 0 fully saturated rings. The molecule has 0 spiro atoms. The van der Waals surface area contributed by atoms with E-state index >= 15 is 0 Å². The van der Waals surface area contributed by atoms with Crippen molar-refractivity contribution >= 4 is 11.6 Å². The zero-order valence-corrected chi connectivity index (χ0v) is 7.85. The standard InChI is InChI=1S/C8H10ClFN2O/c1-8(11,4-13)6-2-5(10)3-12-7(6)9/h2-3,13H,4,11H2,1H3/t8-/m0/s1. The highest BCUT2D eigenvalue weighted by atomic mass is 35.5. The first-order chi connectivity index (χ1) is 5.97. The molecule has 0 radical (unpaired) electrons. The minimum Gasteiger partial charge on any atom is -0.394 e. The van der Waals surface area contributed by atoms with Crippen LogP contribution in [0.3, 0.4) is 0 Å². The van der Waals surface area contributed by atoms with E-state index < -0.39 is 11.4 Å². The van der Waals surface area contributed by atoms with Gasteiger partial charge in [0.1, 0.15) is 11.0 Å². The lowest BCUT2D eigenvalue weighted by atomic mass is 9.96. The first kappa shape index (κ1) is 10.4. The molecule has 0 amide bonds. The zero-order chi connectivity index (χ0) is 10.1. The number of aliphatic hydroxyl groups is 1. The van der Waals surface area contributed by atoms with Crippen molar-refractivity contribution in [3.05, 3.63) is 28.8 Å². The van der Waals surface area contributed by atoms with E-state index in [2.05, 4.69) is 4.98 Å². The molecule has 0 aromatic carbocycles. The molecule has 0 saturated heterocycles. The molecule has 5 heteroatoms. The Hall–Kier alpha value is -0.710. The van der Waals surface area contributed by atoms with Gasteiger partial charge in [-0.3, -0.25) is 0 Å². The van der Waals surface area contributed by atoms with Crippen LogP contribution in [0.5, 0.6) is 0 Å². The van der Waals surface area contributed by atoms with Gasteiger partial charge >= 0.3 is 0 Å². The Kier molecular flexibility index (Phi) is 2.85. The third-order valence-corrected chi connectivity index (χ3v) is 2.05. The number of rotatable bonds is 2. The van der Waals surface area contributed by atoms with Gasteiger partial charge < -0.3 is 10.8 Å². The molecule has 0 aliphatic rings. The Morgan fingerprint density at radius 1 is 1.77 bits per heavy atom. The average Bonchev–Trinajstić information content (AvgIpc) is 2.09. The van der Waals surface area contributed by atoms with Gasteiger partial charge in [0.05, 0.1) is 18.3 Å². The van der Waals surface area contributed by atoms with Crippen molar-refractivity contribution in [3.63, 3.8) is 0 Å². The Labute approximate surface area is 80.3 Å². The van der Waals surface area contributed by atoms with Crippen LogP contribution >= 0.6 is 11.6 Å². The lowest BCUT2D eigenvalue weighted by molar-refractivity contribution is 0.209. The Morgan fingerprint density at radius 3 is 2.92 bits per heavy atom. The number of aromatic nitrogens is 1. The molecule has 0 bridgehead atoms. The maximum absolute atomic E-state index is 12.8. The molecule has 1 heterocycles. The second-order valence-corrected chi connectivity index (χ2v) is 3.43. The summed E-state index contributed by atoms with van der Waals surface area (Å²) >= 11 is 5.69. The lowest BCUT2D eigenvalue weighted by Gasteiger charge is -2.22. The predicted molar refractivity (Wildman–Crippen MR) is 47.8 cm³/mol. The first-order valence-electron chi connectivity index (χ1n) is 3.68. The van der Waals surface area contributed by atoms with Crippen LogP contribution in [0, 0.1) is 5.82 Å². The van der Waals surface area contributed by atoms with E-state index in [1.165, 1.54) is 6.07 Å². The smallest absolute Gasteiger partial charge is 0.141 e. The SMILES string of the molecule is C[C@](N)(CO)c1cc(F)cnc1Cl. The molecule has 0 unspecified atom stereocenters. The Morgan fingerprint density at radius 2 is 2.38 bits per heavy atom. The largest absolute Gasteiger partial charge is 0.394 e. The molecule has 3 nitrogen and oxygen atoms in total. The monoisotopic (exact) mass is 204 g/mol. The zero-order valence-electron chi connectivity index (χ0n) is 7.09. The topological polar surface area (TPSA) is 59.1 Å². The van der Waals surface area contributed by atoms with E-state index in [0.29, 0.717) is 5.56 Å². The fourth-order valence-electron chi connectivity index (χ4n) is 0.908. The first-order valence-corrected chi connectivity index (χ1v) is 4.06. The van der Waals surface area contributed by atoms with Gasteiger partial charge in [-0.1, -0.05) is 11.6 Å². The molecule has 0 aliphatic carbocycles. The summed E-state index contributed by atoms with van der Waals surface area (Å²) in [5.41, 5.74) is 4.91. The maximum atomic E-state index is 12.8. The Balaban J connectivity index is 3.20. The van der Waals surface area contributed by atoms with Crippen LogP contribution in [0.4, 0.5) is 4.39 Å². The normalized spacial score (nSPS) is 15.5. The molecule has 1 atom stereocenters. The van der Waals surface area contributed by atoms with Gasteiger partial charge in [-0.15, -0.1) is 0 Å². The van der Waals surface area contributed by atoms with Crippen LogP contribution in [0.1, 0.15) is 12.5 Å². The summed E-state index contributed by atoms with van der Waals surface area (Å²) in [6.45, 7) is 1.23. The van der Waals surface area contributed by atoms with Crippen molar-refractivity contribution in [2.75, 3.05) is 6.61 Å². The number of halogens is 2. The van der Waals surface area contributed by atoms with Crippen LogP contribution < -0.4 is 5.73 Å². The number of pyridine rings is 1. The van der Waals surface area contributed by atoms with E-state index in [1.54, 1.807) is 6.92 Å². The van der Waals surface area contributed by atoms with Gasteiger partial charge in [-0.25, -0.2) is 9.37 Å². The summed E-state index contributed by atoms with van der Waals surface area (Å²) in [6.07, 6.45) is 0.999. The van der Waals surface area contributed by atoms with Gasteiger partial charge in [0, 0.05) is 5.56 Å². The van der Waals surface area contributed by atoms with Crippen LogP contribution in [-0.4, -0.2) is 16.7 Å². The van der Waals surface area contributed by atoms with Gasteiger partial charge in [0.15, 0.2) is 0 Å². The van der Waals surface area contributed by atoms with Gasteiger partial charge in [-0.05, 0) is 13.0 Å². The second-order valence-electron chi connectivity index (χ2n) is 3.07. The summed E-state index contributed by atoms with van der Waals surface area (Å²) in [6, 6.07) is 1.17. The number of nitrogens with zero attached hydrogens (tertiary/aromatic N) is 1. The van der Waals surface area contributed by atoms with E-state index in [-0.39, 0.29) is 11.8 Å². The highest BCUT2D eigenvalue weighted by Crippen LogP contribution is 2.24. The van der Waals surface area contributed by atoms with Crippen molar-refractivity contribution in [1.29, 1.82) is 0 Å². The van der Waals surface area contributed by atoms with Crippen molar-refractivity contribution in [1.82, 2.24) is 4.98 Å². The summed E-state index contributed by atoms with van der Waals surface area (Å²) in [5.74, 6) is -0.524. The maximum Gasteiger partial charge on any atom is 0.141 e. The molecular formula is C8H10ClFN2O. The average molecular weight is 205 g/mol. The minimum atomic E-state index is -1.06. The van der Waals surface area contributed by atoms with Crippen LogP contribution in [-0.2, 0) is 5.54 Å². The molecular weight excluding hydrogens is 195 g/mol. The van der Waals surface area contributed by atoms with Crippen LogP contribution in [0.2, 0.25) is 5.15 Å². The molecule has 1 rings (SSSR count). The summed E-state index contributed by atoms with van der Waals surface area (Å²) < 4.78 is 12.8. The molecule has 3 N–H and O–H groups in total. The molecule has 72 valence electrons. The molecule has 1 aromatic rings. The number of aliphatic hydroxyl groups excluding tert-OH is 1. The molecule has 13 heavy (non-hydrogen) atoms. The highest BCUT2D eigenvalue weighted by molar-refractivity contribution is 6.30. The fourth-order valence-corrected chi connectivity index (χ4v) is 1.23. The van der Waals surface area contributed by atoms with Crippen molar-refractivity contribution in [3.8, 4) is 0 Å². The number of hydrogen-bond acceptors (Lipinski definition) is 3. The molecule has 0 aliphatic heterocycles. The fraction of sp³-hybridized carbons (Fsp3) is 0.375. The second kappa shape index (κ2) is 3.57. The van der Waals surface area contributed by atoms with Gasteiger partial charge in [0.25, 0.3) is 0 Å². The Bertz CT molecular complexity index is 317. The van der Waals surface area contributed by atoms with Crippen molar-refractivity contribution in [2.45, 2.75) is 12.5 Å². The third kappa shape index (κ3) is 2.15. The third-order valence-electron chi connectivity index (χ3n) is 1.75. The molecule has 1 aromatic heterocycles. The summed E-state index contributed by atoms with van der Waals surface area (Å²) in [4.78, 5) is 3.59. The van der Waals surface area contributed by atoms with Gasteiger partial charge in [0.2, 0.25) is 0 Å². The van der Waals surface area contributed by atoms with E-state index in [4.69, 9.17) is 22.4 Å². The molecule has 0 saturated carbocycles. The van der Waals surface area contributed by atoms with E-state index in [1.807, 2.05) is 0 Å². The number of hydrogen-bond donors (Lipinski definition) is 2. The quantitative estimate of drug-likeness (QED) is 0.708. The van der Waals surface area contributed by atoms with Crippen LogP contribution in [0.15, 0.2) is 12.3 Å². The minimum absolute atomic E-state index is 0.112. The summed E-state index contributed by atoms with van der Waals surface area (Å²) in [5, 5.41) is 9.04.